The van der Waals surface area contributed by atoms with E-state index in [9.17, 15) is 9.90 Å². The molecule has 1 aromatic rings. The number of hydrogen-bond acceptors (Lipinski definition) is 5. The molecule has 19 heavy (non-hydrogen) atoms. The standard InChI is InChI=1S/C13H20N2O4/c1-9-8-10(2)15-12(11(9)13(16)17)14-4-5-19-7-6-18-3/h8H,4-7H2,1-3H3,(H,14,15)(H,16,17). The summed E-state index contributed by atoms with van der Waals surface area (Å²) in [6.07, 6.45) is 0. The number of aromatic carboxylic acids is 1. The van der Waals surface area contributed by atoms with Gasteiger partial charge in [0.1, 0.15) is 11.4 Å². The molecule has 0 aromatic carbocycles. The molecule has 0 aliphatic heterocycles. The first kappa shape index (κ1) is 15.4. The van der Waals surface area contributed by atoms with Gasteiger partial charge < -0.3 is 19.9 Å². The van der Waals surface area contributed by atoms with Crippen molar-refractivity contribution in [2.75, 3.05) is 38.8 Å². The van der Waals surface area contributed by atoms with Crippen molar-refractivity contribution >= 4 is 11.8 Å². The number of aromatic nitrogens is 1. The molecular weight excluding hydrogens is 248 g/mol. The quantitative estimate of drug-likeness (QED) is 0.695. The summed E-state index contributed by atoms with van der Waals surface area (Å²) in [7, 11) is 1.61. The molecule has 1 aromatic heterocycles. The van der Waals surface area contributed by atoms with Gasteiger partial charge in [0.2, 0.25) is 0 Å². The van der Waals surface area contributed by atoms with Gasteiger partial charge in [0.15, 0.2) is 0 Å². The number of anilines is 1. The monoisotopic (exact) mass is 268 g/mol. The van der Waals surface area contributed by atoms with Crippen molar-refractivity contribution in [2.45, 2.75) is 13.8 Å². The highest BCUT2D eigenvalue weighted by Gasteiger charge is 2.15. The topological polar surface area (TPSA) is 80.7 Å². The average molecular weight is 268 g/mol. The summed E-state index contributed by atoms with van der Waals surface area (Å²) in [4.78, 5) is 15.4. The van der Waals surface area contributed by atoms with Crippen molar-refractivity contribution in [2.24, 2.45) is 0 Å². The van der Waals surface area contributed by atoms with E-state index < -0.39 is 5.97 Å². The molecular formula is C13H20N2O4. The normalized spacial score (nSPS) is 10.5. The van der Waals surface area contributed by atoms with Crippen LogP contribution in [0.25, 0.3) is 0 Å². The fraction of sp³-hybridized carbons (Fsp3) is 0.538. The number of nitrogens with one attached hydrogen (secondary N) is 1. The van der Waals surface area contributed by atoms with Crippen LogP contribution in [0.15, 0.2) is 6.07 Å². The van der Waals surface area contributed by atoms with E-state index in [1.165, 1.54) is 0 Å². The SMILES string of the molecule is COCCOCCNc1nc(C)cc(C)c1C(=O)O. The molecule has 0 spiro atoms. The molecule has 0 unspecified atom stereocenters. The van der Waals surface area contributed by atoms with E-state index in [0.29, 0.717) is 37.7 Å². The third-order valence-corrected chi connectivity index (χ3v) is 2.53. The van der Waals surface area contributed by atoms with Crippen LogP contribution in [0.3, 0.4) is 0 Å². The minimum atomic E-state index is -0.979. The van der Waals surface area contributed by atoms with Crippen LogP contribution in [-0.2, 0) is 9.47 Å². The number of hydrogen-bond donors (Lipinski definition) is 2. The Balaban J connectivity index is 2.59. The summed E-state index contributed by atoms with van der Waals surface area (Å²) < 4.78 is 10.1. The zero-order valence-corrected chi connectivity index (χ0v) is 11.5. The molecule has 0 radical (unpaired) electrons. The van der Waals surface area contributed by atoms with E-state index in [1.54, 1.807) is 20.1 Å². The molecule has 0 saturated carbocycles. The number of rotatable bonds is 8. The number of aryl methyl sites for hydroxylation is 2. The maximum Gasteiger partial charge on any atom is 0.339 e. The molecule has 106 valence electrons. The minimum Gasteiger partial charge on any atom is -0.478 e. The van der Waals surface area contributed by atoms with Crippen molar-refractivity contribution in [3.63, 3.8) is 0 Å². The van der Waals surface area contributed by atoms with E-state index >= 15 is 0 Å². The van der Waals surface area contributed by atoms with Gasteiger partial charge in [-0.1, -0.05) is 0 Å². The second-order valence-corrected chi connectivity index (χ2v) is 4.14. The van der Waals surface area contributed by atoms with E-state index in [1.807, 2.05) is 6.92 Å². The van der Waals surface area contributed by atoms with Crippen LogP contribution < -0.4 is 5.32 Å². The smallest absolute Gasteiger partial charge is 0.339 e. The first-order chi connectivity index (χ1) is 9.06. The third kappa shape index (κ3) is 4.84. The summed E-state index contributed by atoms with van der Waals surface area (Å²) in [5.74, 6) is -0.590. The van der Waals surface area contributed by atoms with Crippen LogP contribution >= 0.6 is 0 Å². The van der Waals surface area contributed by atoms with Crippen LogP contribution in [0, 0.1) is 13.8 Å². The lowest BCUT2D eigenvalue weighted by Crippen LogP contribution is -2.16. The summed E-state index contributed by atoms with van der Waals surface area (Å²) >= 11 is 0. The van der Waals surface area contributed by atoms with Gasteiger partial charge in [0.25, 0.3) is 0 Å². The fourth-order valence-electron chi connectivity index (χ4n) is 1.72. The molecule has 0 aliphatic rings. The van der Waals surface area contributed by atoms with Gasteiger partial charge >= 0.3 is 5.97 Å². The van der Waals surface area contributed by atoms with Crippen LogP contribution in [-0.4, -0.2) is 49.5 Å². The van der Waals surface area contributed by atoms with Crippen molar-refractivity contribution in [1.82, 2.24) is 4.98 Å². The van der Waals surface area contributed by atoms with Crippen LogP contribution in [0.4, 0.5) is 5.82 Å². The second kappa shape index (κ2) is 7.70. The molecule has 0 saturated heterocycles. The Kier molecular flexibility index (Phi) is 6.24. The van der Waals surface area contributed by atoms with Crippen molar-refractivity contribution in [1.29, 1.82) is 0 Å². The lowest BCUT2D eigenvalue weighted by Gasteiger charge is -2.12. The Morgan fingerprint density at radius 2 is 2.11 bits per heavy atom. The Morgan fingerprint density at radius 3 is 2.74 bits per heavy atom. The molecule has 6 nitrogen and oxygen atoms in total. The zero-order chi connectivity index (χ0) is 14.3. The summed E-state index contributed by atoms with van der Waals surface area (Å²) in [5.41, 5.74) is 1.69. The van der Waals surface area contributed by atoms with Crippen molar-refractivity contribution in [3.8, 4) is 0 Å². The predicted octanol–water partition coefficient (Wildman–Crippen LogP) is 1.47. The minimum absolute atomic E-state index is 0.211. The highest BCUT2D eigenvalue weighted by Crippen LogP contribution is 2.18. The maximum absolute atomic E-state index is 11.2. The Labute approximate surface area is 112 Å². The molecule has 0 atom stereocenters. The van der Waals surface area contributed by atoms with Gasteiger partial charge in [-0.3, -0.25) is 0 Å². The highest BCUT2D eigenvalue weighted by molar-refractivity contribution is 5.94. The number of carboxylic acid groups (broad SMARTS) is 1. The lowest BCUT2D eigenvalue weighted by molar-refractivity contribution is 0.0696. The number of nitrogens with zero attached hydrogens (tertiary/aromatic N) is 1. The number of carbonyl (C=O) groups is 1. The second-order valence-electron chi connectivity index (χ2n) is 4.14. The van der Waals surface area contributed by atoms with Gasteiger partial charge in [-0.25, -0.2) is 9.78 Å². The summed E-state index contributed by atoms with van der Waals surface area (Å²) in [6.45, 7) is 5.63. The molecule has 0 amide bonds. The average Bonchev–Trinajstić information content (AvgIpc) is 2.32. The largest absolute Gasteiger partial charge is 0.478 e. The van der Waals surface area contributed by atoms with Crippen molar-refractivity contribution < 1.29 is 19.4 Å². The van der Waals surface area contributed by atoms with E-state index in [4.69, 9.17) is 9.47 Å². The maximum atomic E-state index is 11.2. The number of carboxylic acids is 1. The van der Waals surface area contributed by atoms with E-state index in [2.05, 4.69) is 10.3 Å². The lowest BCUT2D eigenvalue weighted by atomic mass is 10.1. The number of pyridine rings is 1. The number of ether oxygens (including phenoxy) is 2. The van der Waals surface area contributed by atoms with Gasteiger partial charge in [0, 0.05) is 19.3 Å². The summed E-state index contributed by atoms with van der Waals surface area (Å²) in [6, 6.07) is 1.75. The van der Waals surface area contributed by atoms with Gasteiger partial charge in [-0.15, -0.1) is 0 Å². The van der Waals surface area contributed by atoms with Crippen LogP contribution in [0.5, 0.6) is 0 Å². The molecule has 1 rings (SSSR count). The first-order valence-electron chi connectivity index (χ1n) is 6.08. The third-order valence-electron chi connectivity index (χ3n) is 2.53. The highest BCUT2D eigenvalue weighted by atomic mass is 16.5. The van der Waals surface area contributed by atoms with E-state index in [0.717, 1.165) is 5.69 Å². The number of methoxy groups -OCH3 is 1. The van der Waals surface area contributed by atoms with Gasteiger partial charge in [-0.2, -0.15) is 0 Å². The molecule has 0 fully saturated rings. The molecule has 6 heteroatoms. The fourth-order valence-corrected chi connectivity index (χ4v) is 1.72. The Bertz CT molecular complexity index is 435. The summed E-state index contributed by atoms with van der Waals surface area (Å²) in [5, 5.41) is 12.2. The van der Waals surface area contributed by atoms with Crippen LogP contribution in [0.1, 0.15) is 21.6 Å². The van der Waals surface area contributed by atoms with Gasteiger partial charge in [-0.05, 0) is 25.5 Å². The van der Waals surface area contributed by atoms with E-state index in [-0.39, 0.29) is 5.56 Å². The van der Waals surface area contributed by atoms with Crippen molar-refractivity contribution in [3.05, 3.63) is 22.9 Å². The molecule has 2 N–H and O–H groups in total. The first-order valence-corrected chi connectivity index (χ1v) is 6.08. The van der Waals surface area contributed by atoms with Crippen LogP contribution in [0.2, 0.25) is 0 Å². The molecule has 0 bridgehead atoms. The molecule has 0 aliphatic carbocycles. The predicted molar refractivity (Wildman–Crippen MR) is 71.9 cm³/mol. The Hall–Kier alpha value is -1.66. The zero-order valence-electron chi connectivity index (χ0n) is 11.5. The molecule has 1 heterocycles. The van der Waals surface area contributed by atoms with Gasteiger partial charge in [0.05, 0.1) is 19.8 Å². The Morgan fingerprint density at radius 1 is 1.37 bits per heavy atom.